The van der Waals surface area contributed by atoms with E-state index in [1.54, 1.807) is 31.3 Å². The van der Waals surface area contributed by atoms with Gasteiger partial charge in [0, 0.05) is 17.3 Å². The van der Waals surface area contributed by atoms with Crippen molar-refractivity contribution in [1.29, 1.82) is 0 Å². The zero-order valence-electron chi connectivity index (χ0n) is 17.5. The summed E-state index contributed by atoms with van der Waals surface area (Å²) in [4.78, 5) is 25.4. The van der Waals surface area contributed by atoms with Gasteiger partial charge in [0.2, 0.25) is 5.75 Å². The quantitative estimate of drug-likeness (QED) is 0.122. The molecule has 0 aliphatic carbocycles. The number of hydrogen-bond donors (Lipinski definition) is 0. The molecule has 0 amide bonds. The van der Waals surface area contributed by atoms with Gasteiger partial charge in [0.25, 0.3) is 5.69 Å². The number of nitro benzene ring substituents is 2. The number of aliphatic imine (C=N–C) groups is 1. The highest BCUT2D eigenvalue weighted by atomic mass is 127. The van der Waals surface area contributed by atoms with Crippen LogP contribution in [0.4, 0.5) is 17.1 Å². The molecule has 0 aliphatic heterocycles. The minimum Gasteiger partial charge on any atom is -0.490 e. The van der Waals surface area contributed by atoms with Crippen LogP contribution >= 0.6 is 34.2 Å². The van der Waals surface area contributed by atoms with E-state index in [0.717, 1.165) is 17.7 Å². The Morgan fingerprint density at radius 1 is 1.06 bits per heavy atom. The molecule has 3 rings (SSSR count). The van der Waals surface area contributed by atoms with E-state index in [-0.39, 0.29) is 11.5 Å². The van der Waals surface area contributed by atoms with E-state index < -0.39 is 21.2 Å². The predicted molar refractivity (Wildman–Crippen MR) is 134 cm³/mol. The summed E-state index contributed by atoms with van der Waals surface area (Å²) in [6.07, 6.45) is 1.64. The summed E-state index contributed by atoms with van der Waals surface area (Å²) in [6.45, 7) is 4.02. The van der Waals surface area contributed by atoms with Crippen LogP contribution in [0.1, 0.15) is 18.1 Å². The first-order valence-electron chi connectivity index (χ1n) is 9.56. The molecule has 0 bridgehead atoms. The second kappa shape index (κ2) is 10.6. The SMILES string of the molecule is CCOc1cc(C=Nc2ccc(C)c(Cl)c2)cc(I)c1Oc1ccc([N+](=O)[O-])cc1[N+](=O)[O-]. The van der Waals surface area contributed by atoms with E-state index in [2.05, 4.69) is 4.99 Å². The van der Waals surface area contributed by atoms with Crippen LogP contribution in [0.25, 0.3) is 0 Å². The normalized spacial score (nSPS) is 10.9. The predicted octanol–water partition coefficient (Wildman–Crippen LogP) is 7.01. The minimum atomic E-state index is -0.733. The Kier molecular flexibility index (Phi) is 7.82. The largest absolute Gasteiger partial charge is 0.490 e. The Labute approximate surface area is 207 Å². The summed E-state index contributed by atoms with van der Waals surface area (Å²) >= 11 is 8.17. The van der Waals surface area contributed by atoms with Crippen molar-refractivity contribution in [1.82, 2.24) is 0 Å². The summed E-state index contributed by atoms with van der Waals surface area (Å²) in [6, 6.07) is 12.1. The van der Waals surface area contributed by atoms with Crippen molar-refractivity contribution in [2.45, 2.75) is 13.8 Å². The number of non-ortho nitro benzene ring substituents is 1. The van der Waals surface area contributed by atoms with Gasteiger partial charge in [-0.05, 0) is 77.9 Å². The molecule has 170 valence electrons. The molecule has 0 aromatic heterocycles. The number of nitro groups is 2. The fourth-order valence-electron chi connectivity index (χ4n) is 2.79. The van der Waals surface area contributed by atoms with Crippen LogP contribution in [0, 0.1) is 30.7 Å². The van der Waals surface area contributed by atoms with Crippen molar-refractivity contribution in [3.63, 3.8) is 0 Å². The molecule has 3 aromatic rings. The number of nitrogens with zero attached hydrogens (tertiary/aromatic N) is 3. The van der Waals surface area contributed by atoms with Crippen molar-refractivity contribution in [2.24, 2.45) is 4.99 Å². The van der Waals surface area contributed by atoms with Crippen molar-refractivity contribution in [3.05, 3.63) is 88.5 Å². The van der Waals surface area contributed by atoms with Crippen LogP contribution in [0.15, 0.2) is 53.5 Å². The molecule has 0 fully saturated rings. The minimum absolute atomic E-state index is 0.139. The molecular formula is C22H17ClIN3O6. The summed E-state index contributed by atoms with van der Waals surface area (Å²) in [5, 5.41) is 23.0. The van der Waals surface area contributed by atoms with Crippen LogP contribution in [-0.4, -0.2) is 22.7 Å². The number of ether oxygens (including phenoxy) is 2. The molecule has 0 saturated carbocycles. The molecule has 9 nitrogen and oxygen atoms in total. The molecule has 33 heavy (non-hydrogen) atoms. The first-order valence-corrected chi connectivity index (χ1v) is 11.0. The lowest BCUT2D eigenvalue weighted by Gasteiger charge is -2.14. The zero-order chi connectivity index (χ0) is 24.1. The van der Waals surface area contributed by atoms with Gasteiger partial charge in [-0.1, -0.05) is 17.7 Å². The van der Waals surface area contributed by atoms with Gasteiger partial charge < -0.3 is 9.47 Å². The summed E-state index contributed by atoms with van der Waals surface area (Å²) < 4.78 is 12.1. The van der Waals surface area contributed by atoms with Gasteiger partial charge in [-0.25, -0.2) is 0 Å². The Morgan fingerprint density at radius 2 is 1.82 bits per heavy atom. The summed E-state index contributed by atoms with van der Waals surface area (Å²) in [7, 11) is 0. The lowest BCUT2D eigenvalue weighted by atomic mass is 10.2. The third-order valence-electron chi connectivity index (χ3n) is 4.41. The van der Waals surface area contributed by atoms with Gasteiger partial charge in [0.05, 0.1) is 31.8 Å². The highest BCUT2D eigenvalue weighted by molar-refractivity contribution is 14.1. The van der Waals surface area contributed by atoms with E-state index >= 15 is 0 Å². The number of halogens is 2. The van der Waals surface area contributed by atoms with E-state index in [1.807, 2.05) is 41.6 Å². The topological polar surface area (TPSA) is 117 Å². The first kappa shape index (κ1) is 24.4. The molecule has 0 unspecified atom stereocenters. The van der Waals surface area contributed by atoms with E-state index in [9.17, 15) is 20.2 Å². The monoisotopic (exact) mass is 581 g/mol. The van der Waals surface area contributed by atoms with Gasteiger partial charge in [0.1, 0.15) is 0 Å². The summed E-state index contributed by atoms with van der Waals surface area (Å²) in [5.41, 5.74) is 1.41. The number of aryl methyl sites for hydroxylation is 1. The van der Waals surface area contributed by atoms with Crippen molar-refractivity contribution in [2.75, 3.05) is 6.61 Å². The molecule has 0 N–H and O–H groups in total. The van der Waals surface area contributed by atoms with Crippen LogP contribution in [0.5, 0.6) is 17.2 Å². The van der Waals surface area contributed by atoms with Crippen molar-refractivity contribution < 1.29 is 19.3 Å². The average molecular weight is 582 g/mol. The van der Waals surface area contributed by atoms with E-state index in [4.69, 9.17) is 21.1 Å². The number of benzene rings is 3. The fourth-order valence-corrected chi connectivity index (χ4v) is 3.70. The molecule has 11 heteroatoms. The lowest BCUT2D eigenvalue weighted by Crippen LogP contribution is -2.01. The van der Waals surface area contributed by atoms with E-state index in [0.29, 0.717) is 32.2 Å². The van der Waals surface area contributed by atoms with Gasteiger partial charge in [-0.3, -0.25) is 25.2 Å². The third kappa shape index (κ3) is 5.96. The Bertz CT molecular complexity index is 1270. The maximum Gasteiger partial charge on any atom is 0.318 e. The number of hydrogen-bond acceptors (Lipinski definition) is 7. The first-order chi connectivity index (χ1) is 15.7. The molecule has 0 heterocycles. The zero-order valence-corrected chi connectivity index (χ0v) is 20.4. The Morgan fingerprint density at radius 3 is 2.45 bits per heavy atom. The smallest absolute Gasteiger partial charge is 0.318 e. The standard InChI is InChI=1S/C22H17ClIN3O6/c1-3-32-21-9-14(12-25-15-5-4-13(2)17(23)10-15)8-18(24)22(21)33-20-7-6-16(26(28)29)11-19(20)27(30)31/h4-12H,3H2,1-2H3. The third-order valence-corrected chi connectivity index (χ3v) is 5.62. The summed E-state index contributed by atoms with van der Waals surface area (Å²) in [5.74, 6) is 0.463. The van der Waals surface area contributed by atoms with Crippen LogP contribution in [-0.2, 0) is 0 Å². The van der Waals surface area contributed by atoms with Gasteiger partial charge >= 0.3 is 5.69 Å². The molecular weight excluding hydrogens is 565 g/mol. The second-order valence-electron chi connectivity index (χ2n) is 6.72. The lowest BCUT2D eigenvalue weighted by molar-refractivity contribution is -0.394. The molecule has 3 aromatic carbocycles. The van der Waals surface area contributed by atoms with Crippen molar-refractivity contribution in [3.8, 4) is 17.2 Å². The maximum atomic E-state index is 11.4. The highest BCUT2D eigenvalue weighted by Gasteiger charge is 2.23. The highest BCUT2D eigenvalue weighted by Crippen LogP contribution is 2.41. The molecule has 0 atom stereocenters. The van der Waals surface area contributed by atoms with Gasteiger partial charge in [-0.15, -0.1) is 0 Å². The van der Waals surface area contributed by atoms with Crippen molar-refractivity contribution >= 4 is 57.5 Å². The average Bonchev–Trinajstić information content (AvgIpc) is 2.77. The Balaban J connectivity index is 1.98. The van der Waals surface area contributed by atoms with Crippen LogP contribution < -0.4 is 9.47 Å². The van der Waals surface area contributed by atoms with Gasteiger partial charge in [-0.2, -0.15) is 0 Å². The van der Waals surface area contributed by atoms with Gasteiger partial charge in [0.15, 0.2) is 11.5 Å². The number of rotatable bonds is 8. The molecule has 0 aliphatic rings. The molecule has 0 saturated heterocycles. The Hall–Kier alpha value is -3.25. The fraction of sp³-hybridized carbons (Fsp3) is 0.136. The molecule has 0 radical (unpaired) electrons. The van der Waals surface area contributed by atoms with Crippen LogP contribution in [0.2, 0.25) is 5.02 Å². The van der Waals surface area contributed by atoms with E-state index in [1.165, 1.54) is 6.07 Å². The maximum absolute atomic E-state index is 11.4. The molecule has 0 spiro atoms. The second-order valence-corrected chi connectivity index (χ2v) is 8.29. The van der Waals surface area contributed by atoms with Crippen LogP contribution in [0.3, 0.4) is 0 Å².